The van der Waals surface area contributed by atoms with Gasteiger partial charge in [-0.25, -0.2) is 15.1 Å². The third kappa shape index (κ3) is 5.40. The van der Waals surface area contributed by atoms with E-state index in [1.807, 2.05) is 33.8 Å². The second-order valence-electron chi connectivity index (χ2n) is 10.7. The molecule has 2 fully saturated rings. The highest BCUT2D eigenvalue weighted by Gasteiger charge is 2.49. The highest BCUT2D eigenvalue weighted by Crippen LogP contribution is 2.50. The number of hydrogen-bond acceptors (Lipinski definition) is 4. The molecule has 0 aromatic carbocycles. The average Bonchev–Trinajstić information content (AvgIpc) is 3.80. The van der Waals surface area contributed by atoms with E-state index in [1.165, 1.54) is 0 Å². The molecule has 3 heterocycles. The van der Waals surface area contributed by atoms with E-state index >= 15 is 4.39 Å². The summed E-state index contributed by atoms with van der Waals surface area (Å²) in [5.74, 6) is -0.103. The number of nitrogens with zero attached hydrogens (tertiary/aromatic N) is 3. The quantitative estimate of drug-likeness (QED) is 0.424. The van der Waals surface area contributed by atoms with Crippen LogP contribution in [-0.4, -0.2) is 32.6 Å². The molecule has 3 N–H and O–H groups in total. The zero-order chi connectivity index (χ0) is 26.3. The number of hydrogen-bond donors (Lipinski definition) is 2. The van der Waals surface area contributed by atoms with E-state index in [4.69, 9.17) is 0 Å². The van der Waals surface area contributed by atoms with Crippen molar-refractivity contribution in [3.63, 3.8) is 0 Å². The Hall–Kier alpha value is -3.62. The van der Waals surface area contributed by atoms with Gasteiger partial charge in [-0.15, -0.1) is 0 Å². The lowest BCUT2D eigenvalue weighted by atomic mass is 9.88. The van der Waals surface area contributed by atoms with Crippen LogP contribution in [-0.2, 0) is 4.79 Å². The normalized spacial score (nSPS) is 16.2. The Labute approximate surface area is 216 Å². The molecule has 1 atom stereocenters. The van der Waals surface area contributed by atoms with Crippen molar-refractivity contribution in [2.45, 2.75) is 65.5 Å². The number of aryl methyl sites for hydroxylation is 2. The second kappa shape index (κ2) is 10.0. The number of aromatic amines is 1. The van der Waals surface area contributed by atoms with Crippen LogP contribution >= 0.6 is 0 Å². The highest BCUT2D eigenvalue weighted by atomic mass is 19.1. The van der Waals surface area contributed by atoms with Crippen LogP contribution in [0.4, 0.5) is 10.2 Å². The molecular formula is C28H34FN6O2+. The fourth-order valence-electron chi connectivity index (χ4n) is 5.22. The Morgan fingerprint density at radius 1 is 1.08 bits per heavy atom. The number of pyridine rings is 2. The van der Waals surface area contributed by atoms with Crippen molar-refractivity contribution >= 4 is 17.6 Å². The molecule has 0 bridgehead atoms. The lowest BCUT2D eigenvalue weighted by Gasteiger charge is -2.25. The molecule has 8 nitrogen and oxygen atoms in total. The van der Waals surface area contributed by atoms with E-state index in [9.17, 15) is 9.59 Å². The van der Waals surface area contributed by atoms with Crippen molar-refractivity contribution in [3.8, 4) is 11.1 Å². The number of anilines is 1. The first kappa shape index (κ1) is 25.0. The molecule has 3 aromatic heterocycles. The van der Waals surface area contributed by atoms with Gasteiger partial charge in [0.1, 0.15) is 11.7 Å². The molecule has 2 aliphatic carbocycles. The first-order chi connectivity index (χ1) is 17.7. The number of carbonyl (C=O) groups excluding carboxylic acids is 2. The summed E-state index contributed by atoms with van der Waals surface area (Å²) in [5, 5.41) is 10.1. The highest BCUT2D eigenvalue weighted by molar-refractivity contribution is 6.00. The van der Waals surface area contributed by atoms with Crippen LogP contribution in [0.3, 0.4) is 0 Å². The smallest absolute Gasteiger partial charge is 0.330 e. The van der Waals surface area contributed by atoms with Gasteiger partial charge < -0.3 is 5.32 Å². The maximum absolute atomic E-state index is 15.1. The van der Waals surface area contributed by atoms with Gasteiger partial charge in [-0.1, -0.05) is 0 Å². The summed E-state index contributed by atoms with van der Waals surface area (Å²) in [5.41, 5.74) is 3.14. The molecule has 37 heavy (non-hydrogen) atoms. The molecule has 2 amide bonds. The zero-order valence-corrected chi connectivity index (χ0v) is 21.7. The largest absolute Gasteiger partial charge is 0.337 e. The van der Waals surface area contributed by atoms with E-state index in [-0.39, 0.29) is 29.6 Å². The molecule has 9 heteroatoms. The number of nitrogens with one attached hydrogen (secondary N) is 3. The second-order valence-corrected chi connectivity index (χ2v) is 10.7. The fraction of sp³-hybridized carbons (Fsp3) is 0.464. The Morgan fingerprint density at radius 2 is 1.78 bits per heavy atom. The predicted octanol–water partition coefficient (Wildman–Crippen LogP) is 4.27. The van der Waals surface area contributed by atoms with Gasteiger partial charge in [-0.05, 0) is 94.9 Å². The number of rotatable bonds is 9. The summed E-state index contributed by atoms with van der Waals surface area (Å²) in [6.45, 7) is 7.64. The number of aromatic nitrogens is 4. The van der Waals surface area contributed by atoms with Gasteiger partial charge in [0.25, 0.3) is 17.7 Å². The summed E-state index contributed by atoms with van der Waals surface area (Å²) >= 11 is 0. The Bertz CT molecular complexity index is 1320. The van der Waals surface area contributed by atoms with Gasteiger partial charge in [0.05, 0.1) is 5.56 Å². The lowest BCUT2D eigenvalue weighted by molar-refractivity contribution is -0.404. The van der Waals surface area contributed by atoms with Gasteiger partial charge >= 0.3 is 5.91 Å². The van der Waals surface area contributed by atoms with Crippen LogP contribution in [0.1, 0.15) is 67.3 Å². The molecule has 194 valence electrons. The summed E-state index contributed by atoms with van der Waals surface area (Å²) in [7, 11) is 0. The van der Waals surface area contributed by atoms with Crippen molar-refractivity contribution in [1.82, 2.24) is 20.1 Å². The SMILES string of the molecule is Cc1cnc(C)c(-c2ccc(NC(=O)[C@@H](NC(=O)c3ccnn3C(C)C)C(C3CC3)C3CC3)[nH+]c2F)c1. The summed E-state index contributed by atoms with van der Waals surface area (Å²) < 4.78 is 16.8. The third-order valence-electron chi connectivity index (χ3n) is 7.35. The van der Waals surface area contributed by atoms with Crippen molar-refractivity contribution in [1.29, 1.82) is 0 Å². The Kier molecular flexibility index (Phi) is 6.79. The molecule has 0 saturated heterocycles. The summed E-state index contributed by atoms with van der Waals surface area (Å²) in [6, 6.07) is 6.12. The van der Waals surface area contributed by atoms with E-state index in [1.54, 1.807) is 35.3 Å². The minimum atomic E-state index is -0.720. The average molecular weight is 506 g/mol. The van der Waals surface area contributed by atoms with E-state index < -0.39 is 12.0 Å². The molecule has 3 aromatic rings. The standard InChI is InChI=1S/C28H33FN6O2/c1-15(2)35-22(11-12-31-35)27(36)34-25(24(18-5-6-18)19-7-8-19)28(37)33-23-10-9-20(26(29)32-23)21-13-16(3)14-30-17(21)4/h9-15,18-19,24-25H,5-8H2,1-4H3,(H,34,36)(H,32,33,37)/p+1/t25-/m0/s1. The Balaban J connectivity index is 1.39. The van der Waals surface area contributed by atoms with E-state index in [0.717, 1.165) is 36.9 Å². The predicted molar refractivity (Wildman–Crippen MR) is 137 cm³/mol. The zero-order valence-electron chi connectivity index (χ0n) is 21.7. The lowest BCUT2D eigenvalue weighted by Crippen LogP contribution is -2.50. The maximum Gasteiger partial charge on any atom is 0.330 e. The molecule has 2 saturated carbocycles. The van der Waals surface area contributed by atoms with Crippen LogP contribution in [0.5, 0.6) is 0 Å². The molecular weight excluding hydrogens is 471 g/mol. The van der Waals surface area contributed by atoms with Gasteiger partial charge in [-0.3, -0.25) is 14.5 Å². The molecule has 0 spiro atoms. The number of H-pyrrole nitrogens is 1. The maximum atomic E-state index is 15.1. The van der Waals surface area contributed by atoms with Gasteiger partial charge in [-0.2, -0.15) is 9.49 Å². The molecule has 0 unspecified atom stereocenters. The molecule has 2 aliphatic rings. The summed E-state index contributed by atoms with van der Waals surface area (Å²) in [4.78, 5) is 33.9. The minimum Gasteiger partial charge on any atom is -0.337 e. The van der Waals surface area contributed by atoms with Crippen LogP contribution < -0.4 is 15.6 Å². The van der Waals surface area contributed by atoms with Crippen molar-refractivity contribution in [2.75, 3.05) is 5.32 Å². The van der Waals surface area contributed by atoms with Crippen LogP contribution in [0.2, 0.25) is 0 Å². The fourth-order valence-corrected chi connectivity index (χ4v) is 5.22. The van der Waals surface area contributed by atoms with Crippen molar-refractivity contribution < 1.29 is 19.0 Å². The van der Waals surface area contributed by atoms with Gasteiger partial charge in [0.15, 0.2) is 0 Å². The van der Waals surface area contributed by atoms with Crippen LogP contribution in [0, 0.1) is 37.5 Å². The topological polar surface area (TPSA) is 103 Å². The first-order valence-electron chi connectivity index (χ1n) is 13.0. The van der Waals surface area contributed by atoms with E-state index in [2.05, 4.69) is 25.7 Å². The number of amides is 2. The molecule has 0 aliphatic heterocycles. The Morgan fingerprint density at radius 3 is 2.41 bits per heavy atom. The number of carbonyl (C=O) groups is 2. The number of halogens is 1. The van der Waals surface area contributed by atoms with Gasteiger partial charge in [0, 0.05) is 35.8 Å². The van der Waals surface area contributed by atoms with Crippen molar-refractivity contribution in [3.05, 3.63) is 59.6 Å². The molecule has 0 radical (unpaired) electrons. The molecule has 5 rings (SSSR count). The minimum absolute atomic E-state index is 0.00835. The van der Waals surface area contributed by atoms with Crippen LogP contribution in [0.25, 0.3) is 11.1 Å². The van der Waals surface area contributed by atoms with E-state index in [0.29, 0.717) is 28.7 Å². The van der Waals surface area contributed by atoms with Crippen LogP contribution in [0.15, 0.2) is 36.7 Å². The monoisotopic (exact) mass is 505 g/mol. The third-order valence-corrected chi connectivity index (χ3v) is 7.35. The first-order valence-corrected chi connectivity index (χ1v) is 13.0. The van der Waals surface area contributed by atoms with Gasteiger partial charge in [0.2, 0.25) is 0 Å². The van der Waals surface area contributed by atoms with Crippen molar-refractivity contribution in [2.24, 2.45) is 17.8 Å². The summed E-state index contributed by atoms with van der Waals surface area (Å²) in [6.07, 6.45) is 7.57.